The van der Waals surface area contributed by atoms with Crippen LogP contribution in [0.5, 0.6) is 0 Å². The molecule has 0 aliphatic heterocycles. The third-order valence-corrected chi connectivity index (χ3v) is 4.73. The van der Waals surface area contributed by atoms with E-state index in [1.54, 1.807) is 0 Å². The van der Waals surface area contributed by atoms with Gasteiger partial charge in [-0.2, -0.15) is 40.9 Å². The van der Waals surface area contributed by atoms with E-state index in [0.717, 1.165) is 10.8 Å². The Morgan fingerprint density at radius 1 is 1.07 bits per heavy atom. The van der Waals surface area contributed by atoms with E-state index < -0.39 is 29.0 Å². The summed E-state index contributed by atoms with van der Waals surface area (Å²) < 4.78 is 78.2. The molecule has 0 bridgehead atoms. The molecule has 6 nitrogen and oxygen atoms in total. The number of thioether (sulfide) groups is 1. The predicted octanol–water partition coefficient (Wildman–Crippen LogP) is 4.68. The molecule has 3 aromatic rings. The number of nitrogens with one attached hydrogen (secondary N) is 1. The van der Waals surface area contributed by atoms with Crippen molar-refractivity contribution in [3.63, 3.8) is 0 Å². The Balaban J connectivity index is 2.00. The Labute approximate surface area is 170 Å². The summed E-state index contributed by atoms with van der Waals surface area (Å²) in [7, 11) is 0. The van der Waals surface area contributed by atoms with E-state index in [1.807, 2.05) is 0 Å². The molecule has 2 aromatic heterocycles. The Hall–Kier alpha value is -2.54. The summed E-state index contributed by atoms with van der Waals surface area (Å²) in [5.41, 5.74) is -6.82. The molecule has 0 spiro atoms. The number of alkyl halides is 6. The number of anilines is 1. The van der Waals surface area contributed by atoms with Crippen LogP contribution in [0.15, 0.2) is 41.6 Å². The lowest BCUT2D eigenvalue weighted by molar-refractivity contribution is -0.141. The number of aromatic nitrogens is 4. The maximum atomic E-state index is 13.2. The number of hydrogen-bond donors (Lipinski definition) is 2. The van der Waals surface area contributed by atoms with Crippen LogP contribution in [0.1, 0.15) is 31.1 Å². The molecule has 0 saturated carbocycles. The van der Waals surface area contributed by atoms with Gasteiger partial charge in [0.1, 0.15) is 12.1 Å². The summed E-state index contributed by atoms with van der Waals surface area (Å²) >= 11 is -0.298. The normalized spacial score (nSPS) is 14.2. The van der Waals surface area contributed by atoms with Crippen molar-refractivity contribution in [2.75, 3.05) is 5.32 Å². The molecule has 2 heterocycles. The lowest BCUT2D eigenvalue weighted by Crippen LogP contribution is -2.35. The van der Waals surface area contributed by atoms with Gasteiger partial charge in [-0.3, -0.25) is 0 Å². The van der Waals surface area contributed by atoms with E-state index in [-0.39, 0.29) is 28.3 Å². The van der Waals surface area contributed by atoms with Gasteiger partial charge in [0, 0.05) is 11.0 Å². The highest BCUT2D eigenvalue weighted by molar-refractivity contribution is 8.00. The van der Waals surface area contributed by atoms with Gasteiger partial charge in [0.15, 0.2) is 5.69 Å². The summed E-state index contributed by atoms with van der Waals surface area (Å²) in [4.78, 5) is 7.01. The maximum Gasteiger partial charge on any atom is 0.446 e. The molecule has 1 aromatic carbocycles. The number of hydrogen-bond acceptors (Lipinski definition) is 6. The zero-order chi connectivity index (χ0) is 22.3. The number of fused-ring (bicyclic) bond motifs is 1. The van der Waals surface area contributed by atoms with Crippen LogP contribution in [0.25, 0.3) is 5.78 Å². The standard InChI is InChI=1S/C17H15F6N5OS/c1-15(2,29)13(9-3-5-10(6-4-9)30-17(21,22)23)27-12-7-11(16(18,19)20)26-14-24-8-25-28(12)14/h3-8,13,27,29H,1-2H3/t13-/m1/s1. The molecular formula is C17H15F6N5OS. The topological polar surface area (TPSA) is 75.3 Å². The van der Waals surface area contributed by atoms with Crippen LogP contribution in [0, 0.1) is 0 Å². The monoisotopic (exact) mass is 451 g/mol. The van der Waals surface area contributed by atoms with E-state index in [0.29, 0.717) is 11.6 Å². The molecule has 13 heteroatoms. The van der Waals surface area contributed by atoms with Crippen LogP contribution in [0.3, 0.4) is 0 Å². The van der Waals surface area contributed by atoms with Gasteiger partial charge in [0.25, 0.3) is 5.78 Å². The molecule has 0 fully saturated rings. The van der Waals surface area contributed by atoms with Crippen molar-refractivity contribution < 1.29 is 31.4 Å². The van der Waals surface area contributed by atoms with Gasteiger partial charge in [0.05, 0.1) is 11.6 Å². The zero-order valence-electron chi connectivity index (χ0n) is 15.5. The number of aliphatic hydroxyl groups is 1. The fraction of sp³-hybridized carbons (Fsp3) is 0.353. The van der Waals surface area contributed by atoms with Crippen molar-refractivity contribution in [3.8, 4) is 0 Å². The first-order valence-corrected chi connectivity index (χ1v) is 9.18. The third kappa shape index (κ3) is 5.14. The van der Waals surface area contributed by atoms with Crippen molar-refractivity contribution in [2.24, 2.45) is 0 Å². The first-order valence-electron chi connectivity index (χ1n) is 8.36. The maximum absolute atomic E-state index is 13.2. The largest absolute Gasteiger partial charge is 0.446 e. The molecule has 0 radical (unpaired) electrons. The van der Waals surface area contributed by atoms with Crippen molar-refractivity contribution in [3.05, 3.63) is 47.9 Å². The molecule has 30 heavy (non-hydrogen) atoms. The number of benzene rings is 1. The lowest BCUT2D eigenvalue weighted by Gasteiger charge is -2.31. The quantitative estimate of drug-likeness (QED) is 0.434. The van der Waals surface area contributed by atoms with Gasteiger partial charge in [-0.05, 0) is 43.3 Å². The highest BCUT2D eigenvalue weighted by Crippen LogP contribution is 2.38. The summed E-state index contributed by atoms with van der Waals surface area (Å²) in [6.07, 6.45) is -3.72. The smallest absolute Gasteiger partial charge is 0.388 e. The van der Waals surface area contributed by atoms with Crippen LogP contribution >= 0.6 is 11.8 Å². The average Bonchev–Trinajstić information content (AvgIpc) is 3.06. The molecule has 3 rings (SSSR count). The van der Waals surface area contributed by atoms with E-state index in [4.69, 9.17) is 0 Å². The van der Waals surface area contributed by atoms with Crippen LogP contribution < -0.4 is 5.32 Å². The molecule has 1 atom stereocenters. The lowest BCUT2D eigenvalue weighted by atomic mass is 9.92. The van der Waals surface area contributed by atoms with E-state index in [9.17, 15) is 31.4 Å². The average molecular weight is 451 g/mol. The summed E-state index contributed by atoms with van der Waals surface area (Å²) in [6.45, 7) is 2.82. The van der Waals surface area contributed by atoms with E-state index in [2.05, 4.69) is 20.4 Å². The first kappa shape index (κ1) is 22.2. The Bertz CT molecular complexity index is 1030. The van der Waals surface area contributed by atoms with Gasteiger partial charge in [-0.1, -0.05) is 12.1 Å². The van der Waals surface area contributed by atoms with Crippen molar-refractivity contribution in [2.45, 2.75) is 42.1 Å². The molecular weight excluding hydrogens is 436 g/mol. The number of nitrogens with zero attached hydrogens (tertiary/aromatic N) is 4. The van der Waals surface area contributed by atoms with Gasteiger partial charge < -0.3 is 10.4 Å². The Morgan fingerprint density at radius 2 is 1.70 bits per heavy atom. The molecule has 0 aliphatic carbocycles. The fourth-order valence-corrected chi connectivity index (χ4v) is 3.28. The second kappa shape index (κ2) is 7.61. The number of halogens is 6. The zero-order valence-corrected chi connectivity index (χ0v) is 16.3. The second-order valence-electron chi connectivity index (χ2n) is 6.84. The van der Waals surface area contributed by atoms with E-state index >= 15 is 0 Å². The Kier molecular flexibility index (Phi) is 5.62. The van der Waals surface area contributed by atoms with Gasteiger partial charge >= 0.3 is 11.7 Å². The fourth-order valence-electron chi connectivity index (χ4n) is 2.74. The number of rotatable bonds is 5. The minimum Gasteiger partial charge on any atom is -0.388 e. The minimum absolute atomic E-state index is 0.0670. The highest BCUT2D eigenvalue weighted by Gasteiger charge is 2.36. The summed E-state index contributed by atoms with van der Waals surface area (Å²) in [5.74, 6) is -0.454. The third-order valence-electron chi connectivity index (χ3n) is 3.99. The predicted molar refractivity (Wildman–Crippen MR) is 96.8 cm³/mol. The van der Waals surface area contributed by atoms with Gasteiger partial charge in [-0.15, -0.1) is 0 Å². The molecule has 0 aliphatic rings. The molecule has 0 saturated heterocycles. The molecule has 162 valence electrons. The molecule has 2 N–H and O–H groups in total. The SMILES string of the molecule is CC(C)(O)[C@H](Nc1cc(C(F)(F)F)nc2ncnn12)c1ccc(SC(F)(F)F)cc1. The highest BCUT2D eigenvalue weighted by atomic mass is 32.2. The van der Waals surface area contributed by atoms with Crippen molar-refractivity contribution >= 4 is 23.4 Å². The van der Waals surface area contributed by atoms with Crippen LogP contribution in [0.2, 0.25) is 0 Å². The second-order valence-corrected chi connectivity index (χ2v) is 7.98. The van der Waals surface area contributed by atoms with Crippen LogP contribution in [-0.2, 0) is 6.18 Å². The van der Waals surface area contributed by atoms with Crippen molar-refractivity contribution in [1.29, 1.82) is 0 Å². The van der Waals surface area contributed by atoms with Crippen LogP contribution in [-0.4, -0.2) is 35.8 Å². The van der Waals surface area contributed by atoms with Gasteiger partial charge in [0.2, 0.25) is 0 Å². The molecule has 0 amide bonds. The molecule has 0 unspecified atom stereocenters. The summed E-state index contributed by atoms with van der Waals surface area (Å²) in [5, 5.41) is 17.2. The minimum atomic E-state index is -4.75. The van der Waals surface area contributed by atoms with E-state index in [1.165, 1.54) is 38.1 Å². The van der Waals surface area contributed by atoms with Gasteiger partial charge in [-0.25, -0.2) is 4.98 Å². The first-order chi connectivity index (χ1) is 13.7. The van der Waals surface area contributed by atoms with Crippen LogP contribution in [0.4, 0.5) is 32.2 Å². The van der Waals surface area contributed by atoms with Crippen molar-refractivity contribution in [1.82, 2.24) is 19.6 Å². The summed E-state index contributed by atoms with van der Waals surface area (Å²) in [6, 6.07) is 4.87. The Morgan fingerprint density at radius 3 is 2.23 bits per heavy atom.